The Morgan fingerprint density at radius 1 is 1.04 bits per heavy atom. The number of fused-ring (bicyclic) bond motifs is 1. The number of nitrogens with zero attached hydrogens (tertiary/aromatic N) is 4. The number of hydrogen-bond acceptors (Lipinski definition) is 7. The van der Waals surface area contributed by atoms with Crippen molar-refractivity contribution in [2.75, 3.05) is 7.11 Å². The highest BCUT2D eigenvalue weighted by Gasteiger charge is 2.13. The van der Waals surface area contributed by atoms with E-state index in [1.165, 1.54) is 10.3 Å². The molecule has 0 aliphatic carbocycles. The molecule has 0 saturated heterocycles. The van der Waals surface area contributed by atoms with Crippen molar-refractivity contribution in [2.24, 2.45) is 0 Å². The fourth-order valence-electron chi connectivity index (χ4n) is 2.80. The van der Waals surface area contributed by atoms with Crippen molar-refractivity contribution in [3.05, 3.63) is 59.9 Å². The Morgan fingerprint density at radius 3 is 2.75 bits per heavy atom. The minimum atomic E-state index is 0.764. The van der Waals surface area contributed by atoms with Crippen LogP contribution in [-0.4, -0.2) is 26.9 Å². The van der Waals surface area contributed by atoms with E-state index in [0.717, 1.165) is 44.6 Å². The van der Waals surface area contributed by atoms with Crippen LogP contribution in [-0.2, 0) is 18.1 Å². The van der Waals surface area contributed by atoms with E-state index in [0.29, 0.717) is 0 Å². The van der Waals surface area contributed by atoms with Crippen LogP contribution in [0.1, 0.15) is 18.3 Å². The summed E-state index contributed by atoms with van der Waals surface area (Å²) < 4.78 is 9.77. The van der Waals surface area contributed by atoms with E-state index < -0.39 is 0 Å². The highest BCUT2D eigenvalue weighted by atomic mass is 32.2. The molecule has 0 fully saturated rings. The minimum Gasteiger partial charge on any atom is -0.497 e. The van der Waals surface area contributed by atoms with Crippen LogP contribution in [0.15, 0.2) is 58.0 Å². The van der Waals surface area contributed by atoms with E-state index in [4.69, 9.17) is 4.74 Å². The summed E-state index contributed by atoms with van der Waals surface area (Å²) in [5.41, 5.74) is 2.27. The van der Waals surface area contributed by atoms with Crippen LogP contribution in [0.25, 0.3) is 10.2 Å². The Kier molecular flexibility index (Phi) is 6.19. The maximum absolute atomic E-state index is 5.30. The molecule has 2 aromatic carbocycles. The first-order valence-electron chi connectivity index (χ1n) is 8.93. The fourth-order valence-corrected chi connectivity index (χ4v) is 5.77. The average Bonchev–Trinajstić information content (AvgIpc) is 3.33. The molecule has 0 spiro atoms. The predicted molar refractivity (Wildman–Crippen MR) is 117 cm³/mol. The lowest BCUT2D eigenvalue weighted by Crippen LogP contribution is -2.02. The maximum Gasteiger partial charge on any atom is 0.191 e. The normalized spacial score (nSPS) is 11.2. The van der Waals surface area contributed by atoms with Gasteiger partial charge in [0.15, 0.2) is 9.50 Å². The molecule has 2 heterocycles. The lowest BCUT2D eigenvalue weighted by Gasteiger charge is -2.07. The van der Waals surface area contributed by atoms with Gasteiger partial charge in [-0.05, 0) is 36.8 Å². The Hall–Kier alpha value is -2.03. The Labute approximate surface area is 176 Å². The van der Waals surface area contributed by atoms with Gasteiger partial charge in [-0.15, -0.1) is 21.5 Å². The number of aromatic nitrogens is 4. The molecule has 4 rings (SSSR count). The van der Waals surface area contributed by atoms with Crippen LogP contribution >= 0.6 is 34.9 Å². The third-order valence-electron chi connectivity index (χ3n) is 4.21. The van der Waals surface area contributed by atoms with Gasteiger partial charge in [-0.25, -0.2) is 4.98 Å². The van der Waals surface area contributed by atoms with Gasteiger partial charge in [0.2, 0.25) is 0 Å². The summed E-state index contributed by atoms with van der Waals surface area (Å²) >= 11 is 5.15. The SMILES string of the molecule is CCn1c(CSc2nc3ccccc3s2)nnc1SCc1cccc(OC)c1. The number of thioether (sulfide) groups is 2. The van der Waals surface area contributed by atoms with Crippen molar-refractivity contribution in [1.29, 1.82) is 0 Å². The molecule has 0 radical (unpaired) electrons. The van der Waals surface area contributed by atoms with E-state index in [2.05, 4.69) is 57.0 Å². The molecule has 0 unspecified atom stereocenters. The molecule has 144 valence electrons. The summed E-state index contributed by atoms with van der Waals surface area (Å²) in [5.74, 6) is 3.46. The number of benzene rings is 2. The van der Waals surface area contributed by atoms with Crippen LogP contribution in [0, 0.1) is 0 Å². The van der Waals surface area contributed by atoms with Gasteiger partial charge in [-0.3, -0.25) is 0 Å². The minimum absolute atomic E-state index is 0.764. The quantitative estimate of drug-likeness (QED) is 0.345. The number of rotatable bonds is 8. The lowest BCUT2D eigenvalue weighted by atomic mass is 10.2. The van der Waals surface area contributed by atoms with Crippen LogP contribution in [0.4, 0.5) is 0 Å². The standard InChI is InChI=1S/C20H20N4OS3/c1-3-24-18(13-27-20-21-16-9-4-5-10-17(16)28-20)22-23-19(24)26-12-14-7-6-8-15(11-14)25-2/h4-11H,3,12-13H2,1-2H3. The van der Waals surface area contributed by atoms with Crippen LogP contribution in [0.5, 0.6) is 5.75 Å². The number of para-hydroxylation sites is 1. The van der Waals surface area contributed by atoms with E-state index in [1.54, 1.807) is 42.0 Å². The van der Waals surface area contributed by atoms with Crippen molar-refractivity contribution < 1.29 is 4.74 Å². The largest absolute Gasteiger partial charge is 0.497 e. The topological polar surface area (TPSA) is 52.8 Å². The first-order chi connectivity index (χ1) is 13.8. The second-order valence-corrected chi connectivity index (χ2v) is 9.22. The molecule has 4 aromatic rings. The molecule has 2 aromatic heterocycles. The third kappa shape index (κ3) is 4.34. The number of ether oxygens (including phenoxy) is 1. The Balaban J connectivity index is 1.43. The van der Waals surface area contributed by atoms with Crippen molar-refractivity contribution in [1.82, 2.24) is 19.7 Å². The molecular weight excluding hydrogens is 408 g/mol. The van der Waals surface area contributed by atoms with Crippen molar-refractivity contribution in [3.8, 4) is 5.75 Å². The Bertz CT molecular complexity index is 1040. The van der Waals surface area contributed by atoms with Gasteiger partial charge in [0.1, 0.15) is 11.6 Å². The third-order valence-corrected chi connectivity index (χ3v) is 7.42. The zero-order chi connectivity index (χ0) is 19.3. The second kappa shape index (κ2) is 8.98. The number of hydrogen-bond donors (Lipinski definition) is 0. The van der Waals surface area contributed by atoms with Crippen LogP contribution in [0.2, 0.25) is 0 Å². The Morgan fingerprint density at radius 2 is 1.93 bits per heavy atom. The van der Waals surface area contributed by atoms with Gasteiger partial charge < -0.3 is 9.30 Å². The van der Waals surface area contributed by atoms with Crippen molar-refractivity contribution >= 4 is 45.1 Å². The van der Waals surface area contributed by atoms with Crippen molar-refractivity contribution in [2.45, 2.75) is 34.5 Å². The smallest absolute Gasteiger partial charge is 0.191 e. The van der Waals surface area contributed by atoms with Crippen LogP contribution < -0.4 is 4.74 Å². The lowest BCUT2D eigenvalue weighted by molar-refractivity contribution is 0.414. The number of thiazole rings is 1. The molecular formula is C20H20N4OS3. The molecule has 8 heteroatoms. The average molecular weight is 429 g/mol. The second-order valence-electron chi connectivity index (χ2n) is 6.02. The van der Waals surface area contributed by atoms with Gasteiger partial charge in [-0.2, -0.15) is 0 Å². The zero-order valence-electron chi connectivity index (χ0n) is 15.7. The van der Waals surface area contributed by atoms with E-state index in [9.17, 15) is 0 Å². The van der Waals surface area contributed by atoms with Crippen LogP contribution in [0.3, 0.4) is 0 Å². The van der Waals surface area contributed by atoms with Gasteiger partial charge in [0.25, 0.3) is 0 Å². The zero-order valence-corrected chi connectivity index (χ0v) is 18.1. The van der Waals surface area contributed by atoms with E-state index in [-0.39, 0.29) is 0 Å². The number of methoxy groups -OCH3 is 1. The summed E-state index contributed by atoms with van der Waals surface area (Å²) in [6.07, 6.45) is 0. The molecule has 0 atom stereocenters. The van der Waals surface area contributed by atoms with Crippen molar-refractivity contribution in [3.63, 3.8) is 0 Å². The first kappa shape index (κ1) is 19.3. The molecule has 0 saturated carbocycles. The molecule has 28 heavy (non-hydrogen) atoms. The van der Waals surface area contributed by atoms with E-state index in [1.807, 2.05) is 18.2 Å². The fraction of sp³-hybridized carbons (Fsp3) is 0.250. The van der Waals surface area contributed by atoms with Gasteiger partial charge >= 0.3 is 0 Å². The molecule has 0 bridgehead atoms. The molecule has 0 aliphatic heterocycles. The molecule has 5 nitrogen and oxygen atoms in total. The predicted octanol–water partition coefficient (Wildman–Crippen LogP) is 5.50. The summed E-state index contributed by atoms with van der Waals surface area (Å²) in [6, 6.07) is 16.4. The monoisotopic (exact) mass is 428 g/mol. The summed E-state index contributed by atoms with van der Waals surface area (Å²) in [7, 11) is 1.69. The highest BCUT2D eigenvalue weighted by Crippen LogP contribution is 2.32. The van der Waals surface area contributed by atoms with E-state index >= 15 is 0 Å². The first-order valence-corrected chi connectivity index (χ1v) is 11.7. The van der Waals surface area contributed by atoms with Gasteiger partial charge in [0, 0.05) is 12.3 Å². The maximum atomic E-state index is 5.30. The summed E-state index contributed by atoms with van der Waals surface area (Å²) in [6.45, 7) is 2.98. The highest BCUT2D eigenvalue weighted by molar-refractivity contribution is 8.00. The molecule has 0 amide bonds. The molecule has 0 aliphatic rings. The molecule has 0 N–H and O–H groups in total. The van der Waals surface area contributed by atoms with Gasteiger partial charge in [-0.1, -0.05) is 47.8 Å². The summed E-state index contributed by atoms with van der Waals surface area (Å²) in [5, 5.41) is 9.79. The van der Waals surface area contributed by atoms with Gasteiger partial charge in [0.05, 0.1) is 23.1 Å². The summed E-state index contributed by atoms with van der Waals surface area (Å²) in [4.78, 5) is 4.69.